The lowest BCUT2D eigenvalue weighted by molar-refractivity contribution is 0.0948. The van der Waals surface area contributed by atoms with Crippen LogP contribution in [0.2, 0.25) is 0 Å². The van der Waals surface area contributed by atoms with E-state index in [0.29, 0.717) is 13.2 Å². The second-order valence-corrected chi connectivity index (χ2v) is 4.73. The van der Waals surface area contributed by atoms with E-state index in [0.717, 1.165) is 17.5 Å². The van der Waals surface area contributed by atoms with E-state index in [1.807, 2.05) is 25.1 Å². The normalized spacial score (nSPS) is 10.2. The fourth-order valence-electron chi connectivity index (χ4n) is 1.31. The molecule has 1 aromatic carbocycles. The number of amides is 1. The van der Waals surface area contributed by atoms with Crippen molar-refractivity contribution in [3.63, 3.8) is 0 Å². The van der Waals surface area contributed by atoms with Crippen molar-refractivity contribution in [1.29, 1.82) is 0 Å². The highest BCUT2D eigenvalue weighted by Crippen LogP contribution is 2.13. The van der Waals surface area contributed by atoms with Crippen LogP contribution in [0.1, 0.15) is 22.3 Å². The van der Waals surface area contributed by atoms with Crippen LogP contribution in [0.5, 0.6) is 0 Å². The minimum atomic E-state index is -0.0180. The third-order valence-electron chi connectivity index (χ3n) is 2.23. The predicted molar refractivity (Wildman–Crippen MR) is 72.7 cm³/mol. The van der Waals surface area contributed by atoms with E-state index >= 15 is 0 Å². The summed E-state index contributed by atoms with van der Waals surface area (Å²) in [4.78, 5) is 11.7. The highest BCUT2D eigenvalue weighted by Gasteiger charge is 2.05. The number of halogens is 1. The van der Waals surface area contributed by atoms with Crippen LogP contribution < -0.4 is 5.32 Å². The Morgan fingerprint density at radius 1 is 1.50 bits per heavy atom. The van der Waals surface area contributed by atoms with Crippen LogP contribution in [0.4, 0.5) is 0 Å². The molecule has 0 aromatic heterocycles. The summed E-state index contributed by atoms with van der Waals surface area (Å²) in [6.45, 7) is 3.33. The summed E-state index contributed by atoms with van der Waals surface area (Å²) in [5.74, 6) is -0.0180. The van der Waals surface area contributed by atoms with Gasteiger partial charge in [-0.15, -0.1) is 0 Å². The lowest BCUT2D eigenvalue weighted by Gasteiger charge is -2.06. The summed E-state index contributed by atoms with van der Waals surface area (Å²) in [5, 5.41) is 2.86. The van der Waals surface area contributed by atoms with Crippen LogP contribution >= 0.6 is 22.6 Å². The summed E-state index contributed by atoms with van der Waals surface area (Å²) < 4.78 is 6.09. The maximum absolute atomic E-state index is 11.7. The molecule has 4 heteroatoms. The molecule has 1 rings (SSSR count). The Morgan fingerprint density at radius 3 is 2.88 bits per heavy atom. The Labute approximate surface area is 110 Å². The molecule has 0 fully saturated rings. The van der Waals surface area contributed by atoms with E-state index in [1.54, 1.807) is 7.11 Å². The van der Waals surface area contributed by atoms with Gasteiger partial charge in [0, 0.05) is 29.4 Å². The highest BCUT2D eigenvalue weighted by atomic mass is 127. The van der Waals surface area contributed by atoms with Gasteiger partial charge >= 0.3 is 0 Å². The number of carbonyl (C=O) groups is 1. The minimum absolute atomic E-state index is 0.0180. The molecular weight excluding hydrogens is 317 g/mol. The lowest BCUT2D eigenvalue weighted by Crippen LogP contribution is -2.25. The zero-order valence-electron chi connectivity index (χ0n) is 9.55. The monoisotopic (exact) mass is 333 g/mol. The van der Waals surface area contributed by atoms with E-state index in [2.05, 4.69) is 27.9 Å². The summed E-state index contributed by atoms with van der Waals surface area (Å²) in [6, 6.07) is 5.72. The molecule has 0 saturated carbocycles. The minimum Gasteiger partial charge on any atom is -0.385 e. The first-order chi connectivity index (χ1) is 7.65. The number of rotatable bonds is 5. The number of carbonyl (C=O) groups excluding carboxylic acids is 1. The van der Waals surface area contributed by atoms with Gasteiger partial charge in [0.15, 0.2) is 0 Å². The first-order valence-corrected chi connectivity index (χ1v) is 6.26. The molecule has 0 spiro atoms. The standard InChI is InChI=1S/C12H16INO2/c1-9-8-10(4-5-11(9)13)12(15)14-6-3-7-16-2/h4-5,8H,3,6-7H2,1-2H3,(H,14,15). The van der Waals surface area contributed by atoms with Crippen molar-refractivity contribution in [3.05, 3.63) is 32.9 Å². The molecule has 0 aliphatic carbocycles. The number of hydrogen-bond acceptors (Lipinski definition) is 2. The van der Waals surface area contributed by atoms with E-state index in [1.165, 1.54) is 3.57 Å². The first-order valence-electron chi connectivity index (χ1n) is 5.18. The summed E-state index contributed by atoms with van der Waals surface area (Å²) in [6.07, 6.45) is 0.839. The van der Waals surface area contributed by atoms with Gasteiger partial charge in [-0.05, 0) is 59.7 Å². The molecule has 0 heterocycles. The molecule has 1 amide bonds. The van der Waals surface area contributed by atoms with Crippen LogP contribution in [0.15, 0.2) is 18.2 Å². The van der Waals surface area contributed by atoms with Gasteiger partial charge in [0.1, 0.15) is 0 Å². The molecule has 16 heavy (non-hydrogen) atoms. The number of ether oxygens (including phenoxy) is 1. The van der Waals surface area contributed by atoms with Crippen molar-refractivity contribution < 1.29 is 9.53 Å². The van der Waals surface area contributed by atoms with Crippen molar-refractivity contribution in [2.75, 3.05) is 20.3 Å². The molecule has 1 aromatic rings. The fourth-order valence-corrected chi connectivity index (χ4v) is 1.64. The third-order valence-corrected chi connectivity index (χ3v) is 3.44. The Morgan fingerprint density at radius 2 is 2.25 bits per heavy atom. The van der Waals surface area contributed by atoms with Crippen molar-refractivity contribution >= 4 is 28.5 Å². The molecule has 0 radical (unpaired) electrons. The van der Waals surface area contributed by atoms with E-state index in [4.69, 9.17) is 4.74 Å². The SMILES string of the molecule is COCCCNC(=O)c1ccc(I)c(C)c1. The zero-order chi connectivity index (χ0) is 12.0. The topological polar surface area (TPSA) is 38.3 Å². The molecule has 1 N–H and O–H groups in total. The quantitative estimate of drug-likeness (QED) is 0.664. The maximum atomic E-state index is 11.7. The maximum Gasteiger partial charge on any atom is 0.251 e. The van der Waals surface area contributed by atoms with Gasteiger partial charge in [-0.3, -0.25) is 4.79 Å². The summed E-state index contributed by atoms with van der Waals surface area (Å²) in [5.41, 5.74) is 1.85. The second kappa shape index (κ2) is 6.85. The Hall–Kier alpha value is -0.620. The third kappa shape index (κ3) is 4.09. The van der Waals surface area contributed by atoms with Crippen molar-refractivity contribution in [2.45, 2.75) is 13.3 Å². The number of nitrogens with one attached hydrogen (secondary N) is 1. The van der Waals surface area contributed by atoms with Crippen molar-refractivity contribution in [2.24, 2.45) is 0 Å². The summed E-state index contributed by atoms with van der Waals surface area (Å²) >= 11 is 2.26. The number of aryl methyl sites for hydroxylation is 1. The summed E-state index contributed by atoms with van der Waals surface area (Å²) in [7, 11) is 1.66. The molecule has 0 unspecified atom stereocenters. The van der Waals surface area contributed by atoms with Crippen molar-refractivity contribution in [1.82, 2.24) is 5.32 Å². The second-order valence-electron chi connectivity index (χ2n) is 3.57. The fraction of sp³-hybridized carbons (Fsp3) is 0.417. The van der Waals surface area contributed by atoms with Gasteiger partial charge in [0.25, 0.3) is 5.91 Å². The molecule has 0 bridgehead atoms. The van der Waals surface area contributed by atoms with E-state index < -0.39 is 0 Å². The predicted octanol–water partition coefficient (Wildman–Crippen LogP) is 2.37. The number of methoxy groups -OCH3 is 1. The van der Waals surface area contributed by atoms with Gasteiger partial charge in [0.05, 0.1) is 0 Å². The van der Waals surface area contributed by atoms with Crippen LogP contribution in [0, 0.1) is 10.5 Å². The van der Waals surface area contributed by atoms with Crippen LogP contribution in [0.3, 0.4) is 0 Å². The van der Waals surface area contributed by atoms with Gasteiger partial charge in [-0.2, -0.15) is 0 Å². The van der Waals surface area contributed by atoms with Crippen LogP contribution in [0.25, 0.3) is 0 Å². The zero-order valence-corrected chi connectivity index (χ0v) is 11.7. The average Bonchev–Trinajstić information content (AvgIpc) is 2.28. The molecular formula is C12H16INO2. The first kappa shape index (κ1) is 13.4. The average molecular weight is 333 g/mol. The van der Waals surface area contributed by atoms with Crippen LogP contribution in [-0.4, -0.2) is 26.2 Å². The Balaban J connectivity index is 2.50. The van der Waals surface area contributed by atoms with Gasteiger partial charge in [0.2, 0.25) is 0 Å². The van der Waals surface area contributed by atoms with Crippen molar-refractivity contribution in [3.8, 4) is 0 Å². The largest absolute Gasteiger partial charge is 0.385 e. The van der Waals surface area contributed by atoms with E-state index in [9.17, 15) is 4.79 Å². The van der Waals surface area contributed by atoms with Gasteiger partial charge in [-0.25, -0.2) is 0 Å². The molecule has 0 aliphatic heterocycles. The number of hydrogen-bond donors (Lipinski definition) is 1. The number of benzene rings is 1. The molecule has 0 atom stereocenters. The molecule has 0 aliphatic rings. The molecule has 3 nitrogen and oxygen atoms in total. The molecule has 88 valence electrons. The van der Waals surface area contributed by atoms with Crippen LogP contribution in [-0.2, 0) is 4.74 Å². The highest BCUT2D eigenvalue weighted by molar-refractivity contribution is 14.1. The Kier molecular flexibility index (Phi) is 5.76. The van der Waals surface area contributed by atoms with Gasteiger partial charge < -0.3 is 10.1 Å². The van der Waals surface area contributed by atoms with Gasteiger partial charge in [-0.1, -0.05) is 0 Å². The smallest absolute Gasteiger partial charge is 0.251 e. The molecule has 0 saturated heterocycles. The lowest BCUT2D eigenvalue weighted by atomic mass is 10.1. The van der Waals surface area contributed by atoms with E-state index in [-0.39, 0.29) is 5.91 Å². The Bertz CT molecular complexity index is 366.